The van der Waals surface area contributed by atoms with E-state index >= 15 is 0 Å². The summed E-state index contributed by atoms with van der Waals surface area (Å²) in [6, 6.07) is 11.2. The fraction of sp³-hybridized carbons (Fsp3) is 0.300. The molecule has 0 saturated carbocycles. The van der Waals surface area contributed by atoms with Crippen LogP contribution in [-0.2, 0) is 19.6 Å². The highest BCUT2D eigenvalue weighted by atomic mass is 32.2. The zero-order valence-electron chi connectivity index (χ0n) is 16.8. The summed E-state index contributed by atoms with van der Waals surface area (Å²) >= 11 is 1.34. The summed E-state index contributed by atoms with van der Waals surface area (Å²) in [6.07, 6.45) is 0.190. The molecule has 0 fully saturated rings. The molecule has 10 heteroatoms. The average molecular weight is 447 g/mol. The molecule has 2 N–H and O–H groups in total. The lowest BCUT2D eigenvalue weighted by Gasteiger charge is -2.09. The molecule has 1 aromatic carbocycles. The van der Waals surface area contributed by atoms with Crippen LogP contribution in [0.2, 0.25) is 0 Å². The summed E-state index contributed by atoms with van der Waals surface area (Å²) in [4.78, 5) is 27.6. The van der Waals surface area contributed by atoms with Crippen LogP contribution in [0.3, 0.4) is 0 Å². The molecule has 158 valence electrons. The second-order valence-corrected chi connectivity index (χ2v) is 9.45. The van der Waals surface area contributed by atoms with E-state index in [1.54, 1.807) is 6.07 Å². The lowest BCUT2D eigenvalue weighted by molar-refractivity contribution is -0.117. The molecule has 2 amide bonds. The van der Waals surface area contributed by atoms with E-state index in [4.69, 9.17) is 0 Å². The number of benzene rings is 1. The number of amides is 2. The Labute approximate surface area is 180 Å². The van der Waals surface area contributed by atoms with Crippen molar-refractivity contribution in [3.05, 3.63) is 47.7 Å². The van der Waals surface area contributed by atoms with Gasteiger partial charge in [0.1, 0.15) is 11.1 Å². The zero-order valence-corrected chi connectivity index (χ0v) is 18.4. The molecule has 0 unspecified atom stereocenters. The van der Waals surface area contributed by atoms with Crippen LogP contribution in [0.4, 0.5) is 5.69 Å². The van der Waals surface area contributed by atoms with Crippen molar-refractivity contribution in [2.75, 3.05) is 11.1 Å². The first-order valence-corrected chi connectivity index (χ1v) is 11.6. The van der Waals surface area contributed by atoms with Gasteiger partial charge in [0, 0.05) is 30.5 Å². The van der Waals surface area contributed by atoms with Crippen molar-refractivity contribution < 1.29 is 18.0 Å². The molecule has 0 spiro atoms. The molecule has 0 aliphatic rings. The van der Waals surface area contributed by atoms with E-state index in [2.05, 4.69) is 16.4 Å². The Bertz CT molecular complexity index is 1070. The minimum atomic E-state index is -3.91. The number of nitrogens with one attached hydrogen (secondary N) is 2. The Kier molecular flexibility index (Phi) is 7.97. The van der Waals surface area contributed by atoms with Crippen LogP contribution in [0.25, 0.3) is 0 Å². The zero-order chi connectivity index (χ0) is 22.3. The Morgan fingerprint density at radius 2 is 1.83 bits per heavy atom. The number of nitrogens with zero attached hydrogens (tertiary/aromatic N) is 2. The van der Waals surface area contributed by atoms with Crippen molar-refractivity contribution in [2.24, 2.45) is 0 Å². The molecule has 2 rings (SSSR count). The topological polar surface area (TPSA) is 129 Å². The third kappa shape index (κ3) is 6.57. The average Bonchev–Trinajstić information content (AvgIpc) is 2.67. The maximum atomic E-state index is 12.2. The van der Waals surface area contributed by atoms with E-state index < -0.39 is 15.9 Å². The number of anilines is 1. The van der Waals surface area contributed by atoms with Gasteiger partial charge in [0.05, 0.1) is 10.5 Å². The molecular weight excluding hydrogens is 424 g/mol. The van der Waals surface area contributed by atoms with Crippen LogP contribution in [0.1, 0.15) is 44.4 Å². The van der Waals surface area contributed by atoms with Crippen LogP contribution in [-0.4, -0.2) is 31.0 Å². The SMILES string of the molecule is CC(=O)NS(=O)(=O)c1ccc(NC(=O)CCSc2nc(C(C)C)ccc2C#N)cc1. The molecule has 0 bridgehead atoms. The first-order chi connectivity index (χ1) is 14.1. The van der Waals surface area contributed by atoms with Gasteiger partial charge in [-0.2, -0.15) is 5.26 Å². The van der Waals surface area contributed by atoms with E-state index in [9.17, 15) is 23.3 Å². The number of carbonyl (C=O) groups excluding carboxylic acids is 2. The summed E-state index contributed by atoms with van der Waals surface area (Å²) in [5, 5.41) is 12.5. The number of hydrogen-bond acceptors (Lipinski definition) is 7. The number of nitriles is 1. The van der Waals surface area contributed by atoms with Crippen LogP contribution < -0.4 is 10.0 Å². The highest BCUT2D eigenvalue weighted by Gasteiger charge is 2.15. The van der Waals surface area contributed by atoms with Gasteiger partial charge in [-0.25, -0.2) is 18.1 Å². The van der Waals surface area contributed by atoms with Crippen LogP contribution in [0, 0.1) is 11.3 Å². The van der Waals surface area contributed by atoms with Gasteiger partial charge >= 0.3 is 0 Å². The van der Waals surface area contributed by atoms with Gasteiger partial charge in [-0.05, 0) is 42.3 Å². The minimum absolute atomic E-state index is 0.0774. The van der Waals surface area contributed by atoms with Crippen LogP contribution >= 0.6 is 11.8 Å². The summed E-state index contributed by atoms with van der Waals surface area (Å²) in [5.74, 6) is -0.265. The van der Waals surface area contributed by atoms with Gasteiger partial charge in [-0.15, -0.1) is 11.8 Å². The fourth-order valence-electron chi connectivity index (χ4n) is 2.40. The maximum Gasteiger partial charge on any atom is 0.264 e. The lowest BCUT2D eigenvalue weighted by atomic mass is 10.1. The van der Waals surface area contributed by atoms with E-state index in [0.717, 1.165) is 12.6 Å². The number of sulfonamides is 1. The quantitative estimate of drug-likeness (QED) is 0.596. The van der Waals surface area contributed by atoms with Crippen LogP contribution in [0.15, 0.2) is 46.3 Å². The van der Waals surface area contributed by atoms with E-state index in [-0.39, 0.29) is 23.1 Å². The first-order valence-electron chi connectivity index (χ1n) is 9.09. The van der Waals surface area contributed by atoms with Gasteiger partial charge in [0.2, 0.25) is 11.8 Å². The molecule has 0 atom stereocenters. The maximum absolute atomic E-state index is 12.2. The lowest BCUT2D eigenvalue weighted by Crippen LogP contribution is -2.28. The minimum Gasteiger partial charge on any atom is -0.326 e. The van der Waals surface area contributed by atoms with Crippen molar-refractivity contribution in [2.45, 2.75) is 43.0 Å². The van der Waals surface area contributed by atoms with E-state index in [0.29, 0.717) is 22.0 Å². The first kappa shape index (κ1) is 23.4. The molecule has 0 saturated heterocycles. The molecule has 0 radical (unpaired) electrons. The highest BCUT2D eigenvalue weighted by Crippen LogP contribution is 2.24. The third-order valence-electron chi connectivity index (χ3n) is 3.89. The predicted octanol–water partition coefficient (Wildman–Crippen LogP) is 3.02. The van der Waals surface area contributed by atoms with E-state index in [1.165, 1.54) is 36.0 Å². The summed E-state index contributed by atoms with van der Waals surface area (Å²) in [7, 11) is -3.91. The Hall–Kier alpha value is -2.90. The van der Waals surface area contributed by atoms with Gasteiger partial charge < -0.3 is 5.32 Å². The number of carbonyl (C=O) groups is 2. The number of thioether (sulfide) groups is 1. The number of pyridine rings is 1. The molecule has 2 aromatic rings. The standard InChI is InChI=1S/C20H22N4O4S2/c1-13(2)18-9-4-15(12-21)20(23-18)29-11-10-19(26)22-16-5-7-17(8-6-16)30(27,28)24-14(3)25/h4-9,13H,10-11H2,1-3H3,(H,22,26)(H,24,25). The molecule has 30 heavy (non-hydrogen) atoms. The van der Waals surface area contributed by atoms with Crippen molar-refractivity contribution in [1.29, 1.82) is 5.26 Å². The second-order valence-electron chi connectivity index (χ2n) is 6.69. The smallest absolute Gasteiger partial charge is 0.264 e. The normalized spacial score (nSPS) is 11.0. The van der Waals surface area contributed by atoms with Crippen molar-refractivity contribution in [1.82, 2.24) is 9.71 Å². The van der Waals surface area contributed by atoms with Crippen LogP contribution in [0.5, 0.6) is 0 Å². The van der Waals surface area contributed by atoms with Gasteiger partial charge in [-0.3, -0.25) is 9.59 Å². The third-order valence-corrected chi connectivity index (χ3v) is 6.33. The van der Waals surface area contributed by atoms with Crippen molar-refractivity contribution in [3.63, 3.8) is 0 Å². The predicted molar refractivity (Wildman–Crippen MR) is 114 cm³/mol. The monoisotopic (exact) mass is 446 g/mol. The van der Waals surface area contributed by atoms with Gasteiger partial charge in [0.15, 0.2) is 0 Å². The van der Waals surface area contributed by atoms with Crippen molar-refractivity contribution >= 4 is 39.3 Å². The molecule has 1 heterocycles. The number of aromatic nitrogens is 1. The van der Waals surface area contributed by atoms with Gasteiger partial charge in [0.25, 0.3) is 10.0 Å². The van der Waals surface area contributed by atoms with E-state index in [1.807, 2.05) is 24.6 Å². The summed E-state index contributed by atoms with van der Waals surface area (Å²) in [6.45, 7) is 5.14. The summed E-state index contributed by atoms with van der Waals surface area (Å²) in [5.41, 5.74) is 1.79. The Morgan fingerprint density at radius 3 is 2.40 bits per heavy atom. The molecule has 0 aliphatic carbocycles. The molecular formula is C20H22N4O4S2. The Balaban J connectivity index is 1.94. The molecule has 1 aromatic heterocycles. The largest absolute Gasteiger partial charge is 0.326 e. The highest BCUT2D eigenvalue weighted by molar-refractivity contribution is 7.99. The van der Waals surface area contributed by atoms with Gasteiger partial charge in [-0.1, -0.05) is 13.8 Å². The Morgan fingerprint density at radius 1 is 1.17 bits per heavy atom. The molecule has 0 aliphatic heterocycles. The second kappa shape index (κ2) is 10.2. The fourth-order valence-corrected chi connectivity index (χ4v) is 4.31. The molecule has 8 nitrogen and oxygen atoms in total. The van der Waals surface area contributed by atoms with Crippen molar-refractivity contribution in [3.8, 4) is 6.07 Å². The number of rotatable bonds is 8. The summed E-state index contributed by atoms with van der Waals surface area (Å²) < 4.78 is 25.7. The number of hydrogen-bond donors (Lipinski definition) is 2.